The van der Waals surface area contributed by atoms with E-state index in [2.05, 4.69) is 16.5 Å². The lowest BCUT2D eigenvalue weighted by Gasteiger charge is -2.15. The van der Waals surface area contributed by atoms with Gasteiger partial charge in [-0.3, -0.25) is 0 Å². The van der Waals surface area contributed by atoms with Gasteiger partial charge < -0.3 is 10.2 Å². The first-order chi connectivity index (χ1) is 7.33. The number of aliphatic imine (C=N–C) groups is 1. The Balaban J connectivity index is 2.28. The largest absolute Gasteiger partial charge is 0.494 e. The zero-order valence-electron chi connectivity index (χ0n) is 8.79. The van der Waals surface area contributed by atoms with E-state index in [1.54, 1.807) is 0 Å². The molecule has 4 nitrogen and oxygen atoms in total. The Kier molecular flexibility index (Phi) is 2.87. The zero-order chi connectivity index (χ0) is 10.7. The van der Waals surface area contributed by atoms with E-state index in [9.17, 15) is 0 Å². The molecule has 80 valence electrons. The molecule has 15 heavy (non-hydrogen) atoms. The Morgan fingerprint density at radius 2 is 2.33 bits per heavy atom. The summed E-state index contributed by atoms with van der Waals surface area (Å²) in [5.41, 5.74) is 4.81. The minimum Gasteiger partial charge on any atom is -0.494 e. The number of hydrogen-bond acceptors (Lipinski definition) is 4. The highest BCUT2D eigenvalue weighted by Crippen LogP contribution is 2.28. The first kappa shape index (κ1) is 9.98. The van der Waals surface area contributed by atoms with Gasteiger partial charge in [0.1, 0.15) is 11.6 Å². The van der Waals surface area contributed by atoms with Crippen molar-refractivity contribution in [1.29, 1.82) is 0 Å². The number of nitrogens with zero attached hydrogens (tertiary/aromatic N) is 1. The summed E-state index contributed by atoms with van der Waals surface area (Å²) in [6.07, 6.45) is 1.82. The quantitative estimate of drug-likeness (QED) is 0.568. The molecule has 0 aromatic heterocycles. The van der Waals surface area contributed by atoms with E-state index in [0.29, 0.717) is 6.61 Å². The van der Waals surface area contributed by atoms with Crippen LogP contribution in [0.3, 0.4) is 0 Å². The first-order valence-electron chi connectivity index (χ1n) is 5.13. The highest BCUT2D eigenvalue weighted by atomic mass is 16.5. The van der Waals surface area contributed by atoms with Gasteiger partial charge in [0, 0.05) is 6.42 Å². The molecule has 0 fully saturated rings. The molecule has 4 heteroatoms. The summed E-state index contributed by atoms with van der Waals surface area (Å²) < 4.78 is 5.44. The van der Waals surface area contributed by atoms with Crippen molar-refractivity contribution in [2.75, 3.05) is 6.61 Å². The Morgan fingerprint density at radius 3 is 3.07 bits per heavy atom. The smallest absolute Gasteiger partial charge is 0.119 e. The number of rotatable bonds is 2. The fourth-order valence-electron chi connectivity index (χ4n) is 1.69. The topological polar surface area (TPSA) is 59.6 Å². The lowest BCUT2D eigenvalue weighted by molar-refractivity contribution is 0.340. The van der Waals surface area contributed by atoms with Crippen LogP contribution in [-0.4, -0.2) is 12.4 Å². The van der Waals surface area contributed by atoms with Gasteiger partial charge in [0.2, 0.25) is 0 Å². The van der Waals surface area contributed by atoms with Crippen LogP contribution in [0, 0.1) is 0 Å². The molecular weight excluding hydrogens is 190 g/mol. The monoisotopic (exact) mass is 205 g/mol. The standard InChI is InChI=1S/C11H15N3O/c1-2-15-9-4-5-10-8(7-9)3-6-11(13-10)14-12/h4-5,7H,2-3,6,12H2,1H3,(H,13,14). The van der Waals surface area contributed by atoms with Crippen LogP contribution in [-0.2, 0) is 6.42 Å². The van der Waals surface area contributed by atoms with E-state index in [1.807, 2.05) is 19.1 Å². The fraction of sp³-hybridized carbons (Fsp3) is 0.364. The van der Waals surface area contributed by atoms with Crippen molar-refractivity contribution in [3.63, 3.8) is 0 Å². The second-order valence-electron chi connectivity index (χ2n) is 3.43. The molecule has 1 heterocycles. The molecule has 0 saturated heterocycles. The van der Waals surface area contributed by atoms with Crippen molar-refractivity contribution >= 4 is 11.5 Å². The Hall–Kier alpha value is -1.55. The van der Waals surface area contributed by atoms with Crippen LogP contribution in [0.25, 0.3) is 0 Å². The summed E-state index contributed by atoms with van der Waals surface area (Å²) in [6.45, 7) is 2.67. The summed E-state index contributed by atoms with van der Waals surface area (Å²) >= 11 is 0. The van der Waals surface area contributed by atoms with Crippen LogP contribution >= 0.6 is 0 Å². The molecule has 0 unspecified atom stereocenters. The molecule has 1 aliphatic rings. The highest BCUT2D eigenvalue weighted by Gasteiger charge is 2.11. The van der Waals surface area contributed by atoms with Gasteiger partial charge in [0.05, 0.1) is 12.3 Å². The molecule has 0 bridgehead atoms. The second-order valence-corrected chi connectivity index (χ2v) is 3.43. The van der Waals surface area contributed by atoms with Crippen LogP contribution in [0.4, 0.5) is 5.69 Å². The summed E-state index contributed by atoms with van der Waals surface area (Å²) in [5, 5.41) is 0. The van der Waals surface area contributed by atoms with E-state index >= 15 is 0 Å². The summed E-state index contributed by atoms with van der Waals surface area (Å²) in [5.74, 6) is 7.08. The van der Waals surface area contributed by atoms with Crippen molar-refractivity contribution < 1.29 is 4.74 Å². The van der Waals surface area contributed by atoms with Crippen molar-refractivity contribution in [3.8, 4) is 5.75 Å². The zero-order valence-corrected chi connectivity index (χ0v) is 8.79. The number of hydrogen-bond donors (Lipinski definition) is 2. The maximum atomic E-state index is 5.44. The van der Waals surface area contributed by atoms with E-state index < -0.39 is 0 Å². The van der Waals surface area contributed by atoms with Crippen molar-refractivity contribution in [2.24, 2.45) is 10.8 Å². The van der Waals surface area contributed by atoms with Crippen LogP contribution in [0.1, 0.15) is 18.9 Å². The summed E-state index contributed by atoms with van der Waals surface area (Å²) in [7, 11) is 0. The molecule has 0 atom stereocenters. The number of amidine groups is 1. The molecule has 1 aromatic rings. The van der Waals surface area contributed by atoms with Crippen molar-refractivity contribution in [2.45, 2.75) is 19.8 Å². The first-order valence-corrected chi connectivity index (χ1v) is 5.13. The molecule has 1 aromatic carbocycles. The predicted molar refractivity (Wildman–Crippen MR) is 60.4 cm³/mol. The normalized spacial score (nSPS) is 14.1. The SMILES string of the molecule is CCOc1ccc2c(c1)CCC(NN)=N2. The molecule has 0 aliphatic carbocycles. The van der Waals surface area contributed by atoms with Gasteiger partial charge in [-0.05, 0) is 37.1 Å². The lowest BCUT2D eigenvalue weighted by atomic mass is 10.0. The van der Waals surface area contributed by atoms with Gasteiger partial charge in [-0.15, -0.1) is 0 Å². The van der Waals surface area contributed by atoms with Crippen molar-refractivity contribution in [3.05, 3.63) is 23.8 Å². The third kappa shape index (κ3) is 2.10. The van der Waals surface area contributed by atoms with E-state index in [4.69, 9.17) is 10.6 Å². The van der Waals surface area contributed by atoms with Crippen molar-refractivity contribution in [1.82, 2.24) is 5.43 Å². The molecule has 2 rings (SSSR count). The maximum absolute atomic E-state index is 5.44. The molecular formula is C11H15N3O. The molecule has 3 N–H and O–H groups in total. The molecule has 0 radical (unpaired) electrons. The molecule has 1 aliphatic heterocycles. The third-order valence-corrected chi connectivity index (χ3v) is 2.42. The van der Waals surface area contributed by atoms with E-state index in [1.165, 1.54) is 5.56 Å². The van der Waals surface area contributed by atoms with Crippen LogP contribution in [0.2, 0.25) is 0 Å². The predicted octanol–water partition coefficient (Wildman–Crippen LogP) is 1.52. The minimum atomic E-state index is 0.692. The molecule has 0 saturated carbocycles. The number of nitrogens with two attached hydrogens (primary N) is 1. The Morgan fingerprint density at radius 1 is 1.47 bits per heavy atom. The van der Waals surface area contributed by atoms with Gasteiger partial charge in [0.15, 0.2) is 0 Å². The maximum Gasteiger partial charge on any atom is 0.119 e. The van der Waals surface area contributed by atoms with E-state index in [0.717, 1.165) is 30.1 Å². The number of aryl methyl sites for hydroxylation is 1. The van der Waals surface area contributed by atoms with E-state index in [-0.39, 0.29) is 0 Å². The summed E-state index contributed by atoms with van der Waals surface area (Å²) in [6, 6.07) is 5.96. The van der Waals surface area contributed by atoms with Crippen LogP contribution in [0.15, 0.2) is 23.2 Å². The number of ether oxygens (including phenoxy) is 1. The highest BCUT2D eigenvalue weighted by molar-refractivity contribution is 5.86. The number of benzene rings is 1. The third-order valence-electron chi connectivity index (χ3n) is 2.42. The van der Waals surface area contributed by atoms with Gasteiger partial charge in [0.25, 0.3) is 0 Å². The number of hydrazine groups is 1. The minimum absolute atomic E-state index is 0.692. The van der Waals surface area contributed by atoms with Crippen LogP contribution < -0.4 is 16.0 Å². The molecule has 0 spiro atoms. The number of nitrogens with one attached hydrogen (secondary N) is 1. The van der Waals surface area contributed by atoms with Gasteiger partial charge in [-0.1, -0.05) is 0 Å². The van der Waals surface area contributed by atoms with Crippen LogP contribution in [0.5, 0.6) is 5.75 Å². The summed E-state index contributed by atoms with van der Waals surface area (Å²) in [4.78, 5) is 4.39. The Labute approximate surface area is 89.1 Å². The average molecular weight is 205 g/mol. The fourth-order valence-corrected chi connectivity index (χ4v) is 1.69. The second kappa shape index (κ2) is 4.31. The average Bonchev–Trinajstić information content (AvgIpc) is 2.29. The molecule has 0 amide bonds. The lowest BCUT2D eigenvalue weighted by Crippen LogP contribution is -2.31. The van der Waals surface area contributed by atoms with Gasteiger partial charge >= 0.3 is 0 Å². The number of fused-ring (bicyclic) bond motifs is 1. The Bertz CT molecular complexity index is 387. The van der Waals surface area contributed by atoms with Gasteiger partial charge in [-0.25, -0.2) is 10.8 Å². The van der Waals surface area contributed by atoms with Gasteiger partial charge in [-0.2, -0.15) is 0 Å².